The van der Waals surface area contributed by atoms with Gasteiger partial charge in [0.2, 0.25) is 0 Å². The van der Waals surface area contributed by atoms with E-state index >= 15 is 0 Å². The van der Waals surface area contributed by atoms with E-state index in [1.165, 1.54) is 5.57 Å². The zero-order chi connectivity index (χ0) is 24.2. The molecule has 0 aromatic heterocycles. The molecule has 0 N–H and O–H groups in total. The van der Waals surface area contributed by atoms with E-state index < -0.39 is 5.60 Å². The van der Waals surface area contributed by atoms with E-state index in [4.69, 9.17) is 18.9 Å². The van der Waals surface area contributed by atoms with Crippen molar-refractivity contribution in [3.63, 3.8) is 0 Å². The van der Waals surface area contributed by atoms with Crippen LogP contribution in [0.25, 0.3) is 0 Å². The predicted octanol–water partition coefficient (Wildman–Crippen LogP) is 4.25. The highest BCUT2D eigenvalue weighted by Crippen LogP contribution is 2.52. The lowest BCUT2D eigenvalue weighted by molar-refractivity contribution is -0.175. The number of carbonyl (C=O) groups is 1. The molecule has 1 amide bonds. The van der Waals surface area contributed by atoms with E-state index in [2.05, 4.69) is 52.5 Å². The van der Waals surface area contributed by atoms with Crippen molar-refractivity contribution < 1.29 is 23.7 Å². The number of carbonyl (C=O) groups excluding carboxylic acids is 1. The van der Waals surface area contributed by atoms with Gasteiger partial charge in [-0.05, 0) is 66.5 Å². The first-order valence-electron chi connectivity index (χ1n) is 12.8. The molecule has 7 nitrogen and oxygen atoms in total. The Balaban J connectivity index is 1.63. The number of hydrogen-bond donors (Lipinski definition) is 0. The minimum atomic E-state index is -0.475. The first-order chi connectivity index (χ1) is 15.7. The van der Waals surface area contributed by atoms with Gasteiger partial charge in [0, 0.05) is 32.2 Å². The molecule has 2 saturated heterocycles. The summed E-state index contributed by atoms with van der Waals surface area (Å²) in [6, 6.07) is 0.278. The van der Waals surface area contributed by atoms with Crippen LogP contribution in [0.2, 0.25) is 0 Å². The Morgan fingerprint density at radius 3 is 2.45 bits per heavy atom. The van der Waals surface area contributed by atoms with Crippen molar-refractivity contribution in [1.29, 1.82) is 0 Å². The molecule has 5 atom stereocenters. The van der Waals surface area contributed by atoms with Gasteiger partial charge in [-0.1, -0.05) is 25.5 Å². The van der Waals surface area contributed by atoms with Crippen LogP contribution >= 0.6 is 0 Å². The third kappa shape index (κ3) is 6.11. The Morgan fingerprint density at radius 1 is 1.24 bits per heavy atom. The third-order valence-corrected chi connectivity index (χ3v) is 7.90. The minimum Gasteiger partial charge on any atom is -0.443 e. The average Bonchev–Trinajstić information content (AvgIpc) is 3.50. The van der Waals surface area contributed by atoms with Crippen molar-refractivity contribution in [3.8, 4) is 0 Å². The Morgan fingerprint density at radius 2 is 1.94 bits per heavy atom. The fourth-order valence-electron chi connectivity index (χ4n) is 5.64. The maximum Gasteiger partial charge on any atom is 0.410 e. The van der Waals surface area contributed by atoms with Gasteiger partial charge in [-0.15, -0.1) is 0 Å². The van der Waals surface area contributed by atoms with Gasteiger partial charge in [-0.2, -0.15) is 0 Å². The van der Waals surface area contributed by atoms with Crippen LogP contribution in [0, 0.1) is 5.92 Å². The summed E-state index contributed by atoms with van der Waals surface area (Å²) >= 11 is 0. The van der Waals surface area contributed by atoms with Crippen LogP contribution in [-0.2, 0) is 18.9 Å². The fraction of sp³-hybridized carbons (Fsp3) is 0.885. The predicted molar refractivity (Wildman–Crippen MR) is 129 cm³/mol. The Hall–Kier alpha value is -1.15. The summed E-state index contributed by atoms with van der Waals surface area (Å²) in [4.78, 5) is 17.4. The SMILES string of the molecule is CCN(CC)CCC1CCN1C(=O)O[C@@H]1CC[C@]2(CO2)[C@@H](C(C)(C)OCC=C(C)C)[C@@H]1OC. The number of likely N-dealkylation sites (tertiary alicyclic amines) is 1. The summed E-state index contributed by atoms with van der Waals surface area (Å²) in [5.41, 5.74) is 0.519. The lowest BCUT2D eigenvalue weighted by Gasteiger charge is -2.48. The average molecular weight is 467 g/mol. The highest BCUT2D eigenvalue weighted by molar-refractivity contribution is 5.69. The van der Waals surface area contributed by atoms with Crippen molar-refractivity contribution >= 4 is 6.09 Å². The van der Waals surface area contributed by atoms with Gasteiger partial charge >= 0.3 is 6.09 Å². The first kappa shape index (κ1) is 26.5. The summed E-state index contributed by atoms with van der Waals surface area (Å²) in [6.45, 7) is 17.9. The van der Waals surface area contributed by atoms with Crippen LogP contribution < -0.4 is 0 Å². The molecule has 2 heterocycles. The molecule has 0 bridgehead atoms. The van der Waals surface area contributed by atoms with E-state index in [-0.39, 0.29) is 35.9 Å². The second-order valence-electron chi connectivity index (χ2n) is 10.6. The molecule has 3 rings (SSSR count). The molecule has 0 radical (unpaired) electrons. The van der Waals surface area contributed by atoms with E-state index in [9.17, 15) is 4.79 Å². The second kappa shape index (κ2) is 11.1. The van der Waals surface area contributed by atoms with E-state index in [1.54, 1.807) is 7.11 Å². The van der Waals surface area contributed by atoms with E-state index in [0.29, 0.717) is 13.2 Å². The summed E-state index contributed by atoms with van der Waals surface area (Å²) in [5, 5.41) is 0. The van der Waals surface area contributed by atoms with Crippen LogP contribution in [0.1, 0.15) is 67.2 Å². The molecule has 3 aliphatic rings. The number of methoxy groups -OCH3 is 1. The van der Waals surface area contributed by atoms with Crippen LogP contribution in [-0.4, -0.2) is 91.8 Å². The molecule has 7 heteroatoms. The van der Waals surface area contributed by atoms with Crippen molar-refractivity contribution in [2.24, 2.45) is 5.92 Å². The summed E-state index contributed by atoms with van der Waals surface area (Å²) < 4.78 is 24.4. The molecule has 190 valence electrons. The van der Waals surface area contributed by atoms with E-state index in [0.717, 1.165) is 51.9 Å². The maximum atomic E-state index is 13.1. The first-order valence-corrected chi connectivity index (χ1v) is 12.8. The van der Waals surface area contributed by atoms with Crippen LogP contribution in [0.5, 0.6) is 0 Å². The Kier molecular flexibility index (Phi) is 8.87. The number of rotatable bonds is 11. The Bertz CT molecular complexity index is 682. The lowest BCUT2D eigenvalue weighted by atomic mass is 9.68. The van der Waals surface area contributed by atoms with Crippen LogP contribution in [0.4, 0.5) is 4.79 Å². The Labute approximate surface area is 200 Å². The van der Waals surface area contributed by atoms with Gasteiger partial charge in [-0.3, -0.25) is 0 Å². The third-order valence-electron chi connectivity index (χ3n) is 7.90. The second-order valence-corrected chi connectivity index (χ2v) is 10.6. The van der Waals surface area contributed by atoms with Gasteiger partial charge in [0.05, 0.1) is 24.4 Å². The topological polar surface area (TPSA) is 63.8 Å². The van der Waals surface area contributed by atoms with Crippen molar-refractivity contribution in [2.45, 2.75) is 96.7 Å². The van der Waals surface area contributed by atoms with Crippen molar-refractivity contribution in [3.05, 3.63) is 11.6 Å². The van der Waals surface area contributed by atoms with Crippen molar-refractivity contribution in [1.82, 2.24) is 9.80 Å². The summed E-state index contributed by atoms with van der Waals surface area (Å²) in [6.07, 6.45) is 5.00. The molecule has 1 saturated carbocycles. The smallest absolute Gasteiger partial charge is 0.410 e. The number of hydrogen-bond acceptors (Lipinski definition) is 6. The number of epoxide rings is 1. The highest BCUT2D eigenvalue weighted by Gasteiger charge is 2.64. The molecule has 2 aliphatic heterocycles. The molecule has 1 aliphatic carbocycles. The number of allylic oxidation sites excluding steroid dienone is 1. The molecule has 33 heavy (non-hydrogen) atoms. The van der Waals surface area contributed by atoms with Crippen LogP contribution in [0.3, 0.4) is 0 Å². The number of amides is 1. The fourth-order valence-corrected chi connectivity index (χ4v) is 5.64. The van der Waals surface area contributed by atoms with Gasteiger partial charge in [0.25, 0.3) is 0 Å². The molecule has 1 unspecified atom stereocenters. The van der Waals surface area contributed by atoms with Gasteiger partial charge < -0.3 is 28.7 Å². The zero-order valence-corrected chi connectivity index (χ0v) is 21.9. The van der Waals surface area contributed by atoms with Gasteiger partial charge in [-0.25, -0.2) is 4.79 Å². The monoisotopic (exact) mass is 466 g/mol. The van der Waals surface area contributed by atoms with Gasteiger partial charge in [0.1, 0.15) is 12.2 Å². The maximum absolute atomic E-state index is 13.1. The molecule has 3 fully saturated rings. The minimum absolute atomic E-state index is 0.0121. The summed E-state index contributed by atoms with van der Waals surface area (Å²) in [5.74, 6) is -0.0121. The number of ether oxygens (including phenoxy) is 4. The molecular weight excluding hydrogens is 420 g/mol. The zero-order valence-electron chi connectivity index (χ0n) is 21.9. The normalized spacial score (nSPS) is 31.5. The van der Waals surface area contributed by atoms with E-state index in [1.807, 2.05) is 4.90 Å². The standard InChI is InChI=1S/C26H46N2O5/c1-8-27(9-2)15-11-20-12-16-28(20)24(29)33-21-10-14-26(18-32-26)23(22(21)30-7)25(5,6)31-17-13-19(3)4/h13,20-23H,8-12,14-18H2,1-7H3/t20?,21-,22-,23-,26+/m1/s1. The molecule has 1 spiro atoms. The molecular formula is C26H46N2O5. The molecule has 0 aromatic carbocycles. The van der Waals surface area contributed by atoms with Crippen LogP contribution in [0.15, 0.2) is 11.6 Å². The molecule has 0 aromatic rings. The highest BCUT2D eigenvalue weighted by atomic mass is 16.6. The van der Waals surface area contributed by atoms with Crippen molar-refractivity contribution in [2.75, 3.05) is 46.5 Å². The quantitative estimate of drug-likeness (QED) is 0.335. The largest absolute Gasteiger partial charge is 0.443 e. The lowest BCUT2D eigenvalue weighted by Crippen LogP contribution is -2.60. The summed E-state index contributed by atoms with van der Waals surface area (Å²) in [7, 11) is 1.71. The van der Waals surface area contributed by atoms with Gasteiger partial charge in [0.15, 0.2) is 0 Å². The number of nitrogens with zero attached hydrogens (tertiary/aromatic N) is 2.